The minimum absolute atomic E-state index is 0.0696. The Labute approximate surface area is 184 Å². The van der Waals surface area contributed by atoms with E-state index in [9.17, 15) is 10.1 Å². The Morgan fingerprint density at radius 1 is 0.833 bits per heavy atom. The number of hydrogen-bond donors (Lipinski definition) is 3. The third-order valence-corrected chi connectivity index (χ3v) is 5.35. The molecule has 0 aliphatic heterocycles. The summed E-state index contributed by atoms with van der Waals surface area (Å²) in [5.74, 6) is 2.33. The number of hydrogen-bond acceptors (Lipinski definition) is 7. The molecule has 0 amide bonds. The molecular weight excluding hydrogens is 431 g/mol. The molecule has 30 heavy (non-hydrogen) atoms. The van der Waals surface area contributed by atoms with E-state index in [2.05, 4.69) is 0 Å². The third-order valence-electron chi connectivity index (χ3n) is 4.76. The van der Waals surface area contributed by atoms with Gasteiger partial charge in [0, 0.05) is 18.2 Å². The smallest absolute Gasteiger partial charge is 0.293 e. The van der Waals surface area contributed by atoms with Gasteiger partial charge in [0.05, 0.1) is 39.6 Å². The first kappa shape index (κ1) is 22.1. The van der Waals surface area contributed by atoms with Crippen molar-refractivity contribution in [3.63, 3.8) is 0 Å². The Hall–Kier alpha value is -2.58. The van der Waals surface area contributed by atoms with E-state index in [0.29, 0.717) is 46.3 Å². The maximum Gasteiger partial charge on any atom is 0.293 e. The van der Waals surface area contributed by atoms with E-state index >= 15 is 0 Å². The van der Waals surface area contributed by atoms with Crippen LogP contribution in [0.3, 0.4) is 0 Å². The summed E-state index contributed by atoms with van der Waals surface area (Å²) in [6, 6.07) is 5.93. The maximum absolute atomic E-state index is 10.6. The first-order chi connectivity index (χ1) is 14.2. The van der Waals surface area contributed by atoms with E-state index in [1.54, 1.807) is 12.1 Å². The molecule has 6 N–H and O–H groups in total. The molecule has 162 valence electrons. The van der Waals surface area contributed by atoms with Crippen molar-refractivity contribution < 1.29 is 14.4 Å². The van der Waals surface area contributed by atoms with E-state index in [1.165, 1.54) is 37.8 Å². The minimum Gasteiger partial charge on any atom is -0.492 e. The van der Waals surface area contributed by atoms with Crippen LogP contribution in [0, 0.1) is 22.0 Å². The molecule has 2 fully saturated rings. The second kappa shape index (κ2) is 9.49. The zero-order valence-electron chi connectivity index (χ0n) is 16.3. The van der Waals surface area contributed by atoms with Crippen LogP contribution in [0.5, 0.6) is 11.5 Å². The van der Waals surface area contributed by atoms with Gasteiger partial charge in [0.2, 0.25) is 0 Å². The Balaban J connectivity index is 0.000000172. The van der Waals surface area contributed by atoms with Gasteiger partial charge in [0.15, 0.2) is 0 Å². The molecule has 0 heterocycles. The van der Waals surface area contributed by atoms with Gasteiger partial charge in [-0.2, -0.15) is 0 Å². The van der Waals surface area contributed by atoms with Crippen LogP contribution in [0.2, 0.25) is 10.0 Å². The van der Waals surface area contributed by atoms with Gasteiger partial charge in [-0.1, -0.05) is 23.2 Å². The molecule has 2 aromatic carbocycles. The highest BCUT2D eigenvalue weighted by Crippen LogP contribution is 2.36. The van der Waals surface area contributed by atoms with Gasteiger partial charge < -0.3 is 26.7 Å². The molecule has 0 unspecified atom stereocenters. The van der Waals surface area contributed by atoms with Gasteiger partial charge in [-0.15, -0.1) is 0 Å². The Morgan fingerprint density at radius 3 is 1.73 bits per heavy atom. The number of nitrogen functional groups attached to an aromatic ring is 3. The summed E-state index contributed by atoms with van der Waals surface area (Å²) >= 11 is 11.8. The van der Waals surface area contributed by atoms with Gasteiger partial charge in [-0.25, -0.2) is 0 Å². The average molecular weight is 455 g/mol. The van der Waals surface area contributed by atoms with Crippen LogP contribution in [0.15, 0.2) is 24.3 Å². The first-order valence-corrected chi connectivity index (χ1v) is 10.3. The summed E-state index contributed by atoms with van der Waals surface area (Å²) < 4.78 is 11.0. The van der Waals surface area contributed by atoms with Gasteiger partial charge in [0.25, 0.3) is 5.69 Å². The second-order valence-electron chi connectivity index (χ2n) is 7.52. The maximum atomic E-state index is 10.6. The normalized spacial score (nSPS) is 15.1. The van der Waals surface area contributed by atoms with Crippen molar-refractivity contribution in [3.05, 3.63) is 44.4 Å². The summed E-state index contributed by atoms with van der Waals surface area (Å²) in [6.07, 6.45) is 4.84. The van der Waals surface area contributed by atoms with Crippen LogP contribution in [0.25, 0.3) is 0 Å². The molecule has 0 spiro atoms. The lowest BCUT2D eigenvalue weighted by Gasteiger charge is -2.09. The Kier molecular flexibility index (Phi) is 6.99. The second-order valence-corrected chi connectivity index (χ2v) is 8.33. The fraction of sp³-hybridized carbons (Fsp3) is 0.400. The number of halogens is 2. The van der Waals surface area contributed by atoms with Gasteiger partial charge in [-0.05, 0) is 43.6 Å². The van der Waals surface area contributed by atoms with E-state index in [1.807, 2.05) is 0 Å². The van der Waals surface area contributed by atoms with Crippen LogP contribution in [-0.2, 0) is 0 Å². The van der Waals surface area contributed by atoms with E-state index in [4.69, 9.17) is 49.9 Å². The molecule has 10 heteroatoms. The monoisotopic (exact) mass is 454 g/mol. The molecule has 0 bridgehead atoms. The summed E-state index contributed by atoms with van der Waals surface area (Å²) in [5, 5.41) is 11.3. The molecular formula is C20H24Cl2N4O4. The molecule has 0 saturated heterocycles. The number of anilines is 3. The number of rotatable bonds is 7. The van der Waals surface area contributed by atoms with E-state index in [-0.39, 0.29) is 16.4 Å². The van der Waals surface area contributed by atoms with Crippen LogP contribution in [-0.4, -0.2) is 18.1 Å². The van der Waals surface area contributed by atoms with Crippen LogP contribution >= 0.6 is 23.2 Å². The average Bonchev–Trinajstić information content (AvgIpc) is 3.59. The highest BCUT2D eigenvalue weighted by Gasteiger charge is 2.24. The lowest BCUT2D eigenvalue weighted by atomic mass is 10.2. The topological polar surface area (TPSA) is 140 Å². The minimum atomic E-state index is -0.564. The molecule has 8 nitrogen and oxygen atoms in total. The van der Waals surface area contributed by atoms with Crippen molar-refractivity contribution >= 4 is 46.0 Å². The lowest BCUT2D eigenvalue weighted by molar-refractivity contribution is -0.383. The van der Waals surface area contributed by atoms with Gasteiger partial charge in [0.1, 0.15) is 17.2 Å². The molecule has 2 saturated carbocycles. The predicted octanol–water partition coefficient (Wildman–Crippen LogP) is 4.91. The number of nitro groups is 1. The van der Waals surface area contributed by atoms with Crippen molar-refractivity contribution in [2.24, 2.45) is 11.8 Å². The highest BCUT2D eigenvalue weighted by atomic mass is 35.5. The highest BCUT2D eigenvalue weighted by molar-refractivity contribution is 6.32. The summed E-state index contributed by atoms with van der Waals surface area (Å²) in [6.45, 7) is 1.32. The predicted molar refractivity (Wildman–Crippen MR) is 119 cm³/mol. The number of nitrogens with zero attached hydrogens (tertiary/aromatic N) is 1. The van der Waals surface area contributed by atoms with Crippen molar-refractivity contribution in [1.29, 1.82) is 0 Å². The largest absolute Gasteiger partial charge is 0.492 e. The third kappa shape index (κ3) is 6.21. The SMILES string of the molecule is Nc1cc(Cl)c(OCC2CC2)cc1N.Nc1cc(OCC2CC2)c(Cl)cc1[N+](=O)[O-]. The fourth-order valence-electron chi connectivity index (χ4n) is 2.51. The summed E-state index contributed by atoms with van der Waals surface area (Å²) in [4.78, 5) is 10.0. The fourth-order valence-corrected chi connectivity index (χ4v) is 2.95. The van der Waals surface area contributed by atoms with Crippen molar-refractivity contribution in [2.45, 2.75) is 25.7 Å². The van der Waals surface area contributed by atoms with Gasteiger partial charge in [-0.3, -0.25) is 10.1 Å². The molecule has 0 radical (unpaired) electrons. The lowest BCUT2D eigenvalue weighted by Crippen LogP contribution is -2.02. The molecule has 2 aromatic rings. The summed E-state index contributed by atoms with van der Waals surface area (Å²) in [5.41, 5.74) is 17.7. The Bertz CT molecular complexity index is 934. The summed E-state index contributed by atoms with van der Waals surface area (Å²) in [7, 11) is 0. The first-order valence-electron chi connectivity index (χ1n) is 9.58. The number of nitrogens with two attached hydrogens (primary N) is 3. The van der Waals surface area contributed by atoms with Crippen LogP contribution in [0.1, 0.15) is 25.7 Å². The number of benzene rings is 2. The van der Waals surface area contributed by atoms with E-state index < -0.39 is 4.92 Å². The number of nitro benzene ring substituents is 1. The molecule has 2 aliphatic carbocycles. The molecule has 0 atom stereocenters. The Morgan fingerprint density at radius 2 is 1.27 bits per heavy atom. The zero-order valence-corrected chi connectivity index (χ0v) is 17.8. The van der Waals surface area contributed by atoms with Crippen molar-refractivity contribution in [3.8, 4) is 11.5 Å². The van der Waals surface area contributed by atoms with Crippen molar-refractivity contribution in [1.82, 2.24) is 0 Å². The van der Waals surface area contributed by atoms with Gasteiger partial charge >= 0.3 is 0 Å². The quantitative estimate of drug-likeness (QED) is 0.306. The molecule has 4 rings (SSSR count). The van der Waals surface area contributed by atoms with Crippen molar-refractivity contribution in [2.75, 3.05) is 30.4 Å². The van der Waals surface area contributed by atoms with Crippen LogP contribution in [0.4, 0.5) is 22.7 Å². The zero-order chi connectivity index (χ0) is 21.8. The van der Waals surface area contributed by atoms with Crippen LogP contribution < -0.4 is 26.7 Å². The number of ether oxygens (including phenoxy) is 2. The molecule has 2 aliphatic rings. The van der Waals surface area contributed by atoms with E-state index in [0.717, 1.165) is 6.61 Å². The molecule has 0 aromatic heterocycles. The standard InChI is InChI=1S/C10H11ClN2O3.C10H13ClN2O/c11-7-3-9(13(14)15)8(12)4-10(7)16-5-6-1-2-6;11-7-3-8(12)9(13)4-10(7)14-5-6-1-2-6/h3-4,6H,1-2,5,12H2;3-4,6H,1-2,5,12-13H2.